The van der Waals surface area contributed by atoms with E-state index in [1.165, 1.54) is 11.6 Å². The van der Waals surface area contributed by atoms with E-state index in [1.807, 2.05) is 16.5 Å². The van der Waals surface area contributed by atoms with E-state index >= 15 is 0 Å². The largest absolute Gasteiger partial charge is 0.496 e. The summed E-state index contributed by atoms with van der Waals surface area (Å²) in [6.45, 7) is 2.08. The van der Waals surface area contributed by atoms with E-state index in [0.717, 1.165) is 22.5 Å². The molecule has 2 heterocycles. The first kappa shape index (κ1) is 17.2. The number of aromatic nitrogens is 3. The third-order valence-electron chi connectivity index (χ3n) is 4.90. The van der Waals surface area contributed by atoms with Gasteiger partial charge in [-0.2, -0.15) is 0 Å². The SMILES string of the molecule is COc1cccc(F)c1CCc1ccc(-c2ccccc2C)c2nncn12. The van der Waals surface area contributed by atoms with Crippen LogP contribution in [0.4, 0.5) is 4.39 Å². The van der Waals surface area contributed by atoms with Crippen LogP contribution < -0.4 is 4.74 Å². The molecule has 0 spiro atoms. The molecule has 0 radical (unpaired) electrons. The van der Waals surface area contributed by atoms with Gasteiger partial charge in [-0.05, 0) is 55.2 Å². The van der Waals surface area contributed by atoms with Gasteiger partial charge in [0.15, 0.2) is 5.65 Å². The number of methoxy groups -OCH3 is 1. The highest BCUT2D eigenvalue weighted by atomic mass is 19.1. The second-order valence-electron chi connectivity index (χ2n) is 6.50. The maximum absolute atomic E-state index is 14.2. The van der Waals surface area contributed by atoms with Gasteiger partial charge in [-0.1, -0.05) is 30.3 Å². The summed E-state index contributed by atoms with van der Waals surface area (Å²) in [4.78, 5) is 0. The zero-order valence-corrected chi connectivity index (χ0v) is 15.3. The Bertz CT molecular complexity index is 1100. The number of rotatable bonds is 5. The lowest BCUT2D eigenvalue weighted by molar-refractivity contribution is 0.404. The van der Waals surface area contributed by atoms with E-state index in [-0.39, 0.29) is 5.82 Å². The average molecular weight is 361 g/mol. The lowest BCUT2D eigenvalue weighted by Gasteiger charge is -2.12. The van der Waals surface area contributed by atoms with E-state index in [9.17, 15) is 4.39 Å². The normalized spacial score (nSPS) is 11.1. The summed E-state index contributed by atoms with van der Waals surface area (Å²) >= 11 is 0. The molecule has 4 nitrogen and oxygen atoms in total. The van der Waals surface area contributed by atoms with E-state index in [1.54, 1.807) is 25.6 Å². The van der Waals surface area contributed by atoms with Gasteiger partial charge >= 0.3 is 0 Å². The second kappa shape index (κ2) is 7.19. The Morgan fingerprint density at radius 1 is 0.963 bits per heavy atom. The number of aryl methyl sites for hydroxylation is 2. The zero-order valence-electron chi connectivity index (χ0n) is 15.3. The van der Waals surface area contributed by atoms with Crippen molar-refractivity contribution in [1.82, 2.24) is 14.6 Å². The molecule has 4 aromatic rings. The molecular formula is C22H20FN3O. The minimum Gasteiger partial charge on any atom is -0.496 e. The van der Waals surface area contributed by atoms with Crippen LogP contribution >= 0.6 is 0 Å². The zero-order chi connectivity index (χ0) is 18.8. The van der Waals surface area contributed by atoms with Crippen molar-refractivity contribution in [1.29, 1.82) is 0 Å². The first-order valence-corrected chi connectivity index (χ1v) is 8.88. The van der Waals surface area contributed by atoms with Gasteiger partial charge in [0, 0.05) is 16.8 Å². The van der Waals surface area contributed by atoms with Crippen molar-refractivity contribution < 1.29 is 9.13 Å². The quantitative estimate of drug-likeness (QED) is 0.520. The fourth-order valence-electron chi connectivity index (χ4n) is 3.48. The Morgan fingerprint density at radius 3 is 2.63 bits per heavy atom. The molecule has 2 aromatic carbocycles. The summed E-state index contributed by atoms with van der Waals surface area (Å²) in [7, 11) is 1.56. The molecule has 0 aliphatic heterocycles. The molecule has 0 unspecified atom stereocenters. The van der Waals surface area contributed by atoms with Gasteiger partial charge < -0.3 is 4.74 Å². The number of pyridine rings is 1. The van der Waals surface area contributed by atoms with Crippen molar-refractivity contribution in [2.75, 3.05) is 7.11 Å². The molecule has 0 bridgehead atoms. The predicted octanol–water partition coefficient (Wildman–Crippen LogP) is 4.64. The van der Waals surface area contributed by atoms with Crippen molar-refractivity contribution in [3.63, 3.8) is 0 Å². The Hall–Kier alpha value is -3.21. The number of fused-ring (bicyclic) bond motifs is 1. The van der Waals surface area contributed by atoms with E-state index in [4.69, 9.17) is 4.74 Å². The third-order valence-corrected chi connectivity index (χ3v) is 4.90. The number of halogens is 1. The Balaban J connectivity index is 1.70. The first-order valence-electron chi connectivity index (χ1n) is 8.88. The lowest BCUT2D eigenvalue weighted by atomic mass is 10.0. The minimum absolute atomic E-state index is 0.245. The number of hydrogen-bond acceptors (Lipinski definition) is 3. The van der Waals surface area contributed by atoms with Crippen LogP contribution in [0.2, 0.25) is 0 Å². The average Bonchev–Trinajstić information content (AvgIpc) is 3.17. The lowest BCUT2D eigenvalue weighted by Crippen LogP contribution is -2.03. The number of ether oxygens (including phenoxy) is 1. The van der Waals surface area contributed by atoms with Crippen molar-refractivity contribution in [2.24, 2.45) is 0 Å². The van der Waals surface area contributed by atoms with Gasteiger partial charge in [0.05, 0.1) is 7.11 Å². The molecule has 5 heteroatoms. The summed E-state index contributed by atoms with van der Waals surface area (Å²) in [6, 6.07) is 17.3. The van der Waals surface area contributed by atoms with Crippen LogP contribution in [0.5, 0.6) is 5.75 Å². The predicted molar refractivity (Wildman–Crippen MR) is 104 cm³/mol. The fourth-order valence-corrected chi connectivity index (χ4v) is 3.48. The number of hydrogen-bond donors (Lipinski definition) is 0. The van der Waals surface area contributed by atoms with Crippen molar-refractivity contribution in [3.05, 3.63) is 83.6 Å². The van der Waals surface area contributed by atoms with Crippen LogP contribution in [0.25, 0.3) is 16.8 Å². The summed E-state index contributed by atoms with van der Waals surface area (Å²) in [5, 5.41) is 8.42. The molecule has 0 amide bonds. The van der Waals surface area contributed by atoms with Gasteiger partial charge in [0.1, 0.15) is 17.9 Å². The molecule has 136 valence electrons. The van der Waals surface area contributed by atoms with Crippen LogP contribution in [0.15, 0.2) is 60.9 Å². The molecule has 0 saturated carbocycles. The van der Waals surface area contributed by atoms with Crippen LogP contribution in [-0.2, 0) is 12.8 Å². The molecule has 0 N–H and O–H groups in total. The summed E-state index contributed by atoms with van der Waals surface area (Å²) < 4.78 is 21.5. The highest BCUT2D eigenvalue weighted by molar-refractivity contribution is 5.79. The molecule has 0 aliphatic carbocycles. The van der Waals surface area contributed by atoms with Gasteiger partial charge in [-0.3, -0.25) is 4.40 Å². The van der Waals surface area contributed by atoms with E-state index in [2.05, 4.69) is 41.4 Å². The van der Waals surface area contributed by atoms with E-state index < -0.39 is 0 Å². The second-order valence-corrected chi connectivity index (χ2v) is 6.50. The van der Waals surface area contributed by atoms with Gasteiger partial charge in [-0.25, -0.2) is 4.39 Å². The molecule has 2 aromatic heterocycles. The maximum Gasteiger partial charge on any atom is 0.168 e. The molecule has 0 atom stereocenters. The first-order chi connectivity index (χ1) is 13.2. The smallest absolute Gasteiger partial charge is 0.168 e. The molecule has 27 heavy (non-hydrogen) atoms. The Labute approximate surface area is 157 Å². The standard InChI is InChI=1S/C22H20FN3O/c1-15-6-3-4-7-17(15)18-12-10-16(26-14-24-25-22(18)26)11-13-19-20(23)8-5-9-21(19)27-2/h3-10,12,14H,11,13H2,1-2H3. The maximum atomic E-state index is 14.2. The van der Waals surface area contributed by atoms with Crippen molar-refractivity contribution in [3.8, 4) is 16.9 Å². The molecule has 0 fully saturated rings. The number of benzene rings is 2. The summed E-state index contributed by atoms with van der Waals surface area (Å²) in [6.07, 6.45) is 2.90. The fraction of sp³-hybridized carbons (Fsp3) is 0.182. The van der Waals surface area contributed by atoms with Gasteiger partial charge in [0.25, 0.3) is 0 Å². The Kier molecular flexibility index (Phi) is 4.59. The molecular weight excluding hydrogens is 341 g/mol. The van der Waals surface area contributed by atoms with Gasteiger partial charge in [-0.15, -0.1) is 10.2 Å². The van der Waals surface area contributed by atoms with Crippen LogP contribution in [0.3, 0.4) is 0 Å². The highest BCUT2D eigenvalue weighted by Gasteiger charge is 2.13. The van der Waals surface area contributed by atoms with Crippen LogP contribution in [-0.4, -0.2) is 21.7 Å². The Morgan fingerprint density at radius 2 is 1.81 bits per heavy atom. The molecule has 4 rings (SSSR count). The number of nitrogens with zero attached hydrogens (tertiary/aromatic N) is 3. The van der Waals surface area contributed by atoms with E-state index in [0.29, 0.717) is 24.2 Å². The minimum atomic E-state index is -0.245. The monoisotopic (exact) mass is 361 g/mol. The van der Waals surface area contributed by atoms with Crippen molar-refractivity contribution in [2.45, 2.75) is 19.8 Å². The molecule has 0 aliphatic rings. The van der Waals surface area contributed by atoms with Crippen molar-refractivity contribution >= 4 is 5.65 Å². The third kappa shape index (κ3) is 3.16. The van der Waals surface area contributed by atoms with Crippen LogP contribution in [0.1, 0.15) is 16.8 Å². The summed E-state index contributed by atoms with van der Waals surface area (Å²) in [5.74, 6) is 0.331. The van der Waals surface area contributed by atoms with Crippen LogP contribution in [0, 0.1) is 12.7 Å². The highest BCUT2D eigenvalue weighted by Crippen LogP contribution is 2.28. The topological polar surface area (TPSA) is 39.4 Å². The van der Waals surface area contributed by atoms with Gasteiger partial charge in [0.2, 0.25) is 0 Å². The molecule has 0 saturated heterocycles. The summed E-state index contributed by atoms with van der Waals surface area (Å²) in [5.41, 5.74) is 5.78.